The molecule has 1 aliphatic heterocycles. The molecule has 7 nitrogen and oxygen atoms in total. The Bertz CT molecular complexity index is 703. The smallest absolute Gasteiger partial charge is 0.248 e. The number of benzene rings is 1. The quantitative estimate of drug-likeness (QED) is 0.843. The fourth-order valence-electron chi connectivity index (χ4n) is 3.15. The highest BCUT2D eigenvalue weighted by atomic mass is 16.5. The van der Waals surface area contributed by atoms with Gasteiger partial charge in [0.05, 0.1) is 12.2 Å². The Hall–Kier alpha value is -2.25. The Morgan fingerprint density at radius 1 is 1.36 bits per heavy atom. The molecule has 2 aromatic rings. The summed E-state index contributed by atoms with van der Waals surface area (Å²) in [5.41, 5.74) is 0.0708. The maximum atomic E-state index is 12.4. The molecule has 1 unspecified atom stereocenters. The van der Waals surface area contributed by atoms with Crippen LogP contribution in [-0.2, 0) is 29.6 Å². The molecule has 0 saturated carbocycles. The third kappa shape index (κ3) is 4.64. The topological polar surface area (TPSA) is 80.5 Å². The highest BCUT2D eigenvalue weighted by Crippen LogP contribution is 2.24. The lowest BCUT2D eigenvalue weighted by Crippen LogP contribution is -2.52. The fraction of sp³-hybridized carbons (Fsp3) is 0.500. The van der Waals surface area contributed by atoms with E-state index < -0.39 is 5.60 Å². The molecule has 1 fully saturated rings. The second kappa shape index (κ2) is 7.76. The van der Waals surface area contributed by atoms with Gasteiger partial charge in [-0.25, -0.2) is 0 Å². The molecule has 3 rings (SSSR count). The van der Waals surface area contributed by atoms with Crippen molar-refractivity contribution in [2.75, 3.05) is 19.7 Å². The van der Waals surface area contributed by atoms with Gasteiger partial charge in [0.15, 0.2) is 0 Å². The third-order valence-corrected chi connectivity index (χ3v) is 4.54. The number of piperidine rings is 1. The zero-order valence-corrected chi connectivity index (χ0v) is 14.5. The summed E-state index contributed by atoms with van der Waals surface area (Å²) in [7, 11) is 1.85. The van der Waals surface area contributed by atoms with Crippen molar-refractivity contribution in [2.45, 2.75) is 31.5 Å². The number of rotatable bonds is 6. The number of carbonyl (C=O) groups is 1. The first-order valence-electron chi connectivity index (χ1n) is 8.50. The number of aryl methyl sites for hydroxylation is 1. The van der Waals surface area contributed by atoms with Crippen molar-refractivity contribution in [3.8, 4) is 0 Å². The standard InChI is InChI=1S/C18H24N4O3/c1-21-14-19-20-16(21)10-18(24)8-5-9-22(13-18)17(23)12-25-11-15-6-3-2-4-7-15/h2-4,6-7,14,24H,5,8-13H2,1H3. The summed E-state index contributed by atoms with van der Waals surface area (Å²) in [6.07, 6.45) is 3.41. The second-order valence-electron chi connectivity index (χ2n) is 6.66. The van der Waals surface area contributed by atoms with Crippen molar-refractivity contribution in [1.29, 1.82) is 0 Å². The number of amides is 1. The van der Waals surface area contributed by atoms with Crippen molar-refractivity contribution >= 4 is 5.91 Å². The van der Waals surface area contributed by atoms with Gasteiger partial charge in [0.1, 0.15) is 18.8 Å². The first-order chi connectivity index (χ1) is 12.1. The van der Waals surface area contributed by atoms with Gasteiger partial charge in [-0.2, -0.15) is 0 Å². The Labute approximate surface area is 147 Å². The minimum Gasteiger partial charge on any atom is -0.388 e. The normalized spacial score (nSPS) is 20.6. The highest BCUT2D eigenvalue weighted by Gasteiger charge is 2.36. The molecule has 1 N–H and O–H groups in total. The van der Waals surface area contributed by atoms with Crippen LogP contribution in [0.4, 0.5) is 0 Å². The van der Waals surface area contributed by atoms with Crippen molar-refractivity contribution in [2.24, 2.45) is 7.05 Å². The molecule has 0 aliphatic carbocycles. The van der Waals surface area contributed by atoms with E-state index in [1.807, 2.05) is 37.4 Å². The van der Waals surface area contributed by atoms with Crippen LogP contribution in [0.15, 0.2) is 36.7 Å². The van der Waals surface area contributed by atoms with Gasteiger partial charge < -0.3 is 19.3 Å². The molecule has 1 aromatic carbocycles. The number of carbonyl (C=O) groups excluding carboxylic acids is 1. The average Bonchev–Trinajstić information content (AvgIpc) is 3.00. The van der Waals surface area contributed by atoms with Crippen molar-refractivity contribution in [1.82, 2.24) is 19.7 Å². The van der Waals surface area contributed by atoms with Gasteiger partial charge in [-0.3, -0.25) is 4.79 Å². The van der Waals surface area contributed by atoms with Crippen LogP contribution in [0.1, 0.15) is 24.2 Å². The number of β-amino-alcohol motifs (C(OH)–C–C–N with tert-alkyl or cyclic N) is 1. The van der Waals surface area contributed by atoms with Gasteiger partial charge in [0.25, 0.3) is 0 Å². The Morgan fingerprint density at radius 3 is 2.88 bits per heavy atom. The van der Waals surface area contributed by atoms with Crippen LogP contribution >= 0.6 is 0 Å². The van der Waals surface area contributed by atoms with Gasteiger partial charge in [-0.15, -0.1) is 10.2 Å². The summed E-state index contributed by atoms with van der Waals surface area (Å²) in [5, 5.41) is 18.8. The summed E-state index contributed by atoms with van der Waals surface area (Å²) in [5.74, 6) is 0.629. The monoisotopic (exact) mass is 344 g/mol. The van der Waals surface area contributed by atoms with E-state index in [0.717, 1.165) is 17.8 Å². The maximum absolute atomic E-state index is 12.4. The van der Waals surface area contributed by atoms with Crippen LogP contribution < -0.4 is 0 Å². The molecule has 0 radical (unpaired) electrons. The van der Waals surface area contributed by atoms with Crippen molar-refractivity contribution in [3.05, 3.63) is 48.0 Å². The van der Waals surface area contributed by atoms with Crippen LogP contribution in [0, 0.1) is 0 Å². The molecular weight excluding hydrogens is 320 g/mol. The summed E-state index contributed by atoms with van der Waals surface area (Å²) < 4.78 is 7.32. The van der Waals surface area contributed by atoms with E-state index in [1.54, 1.807) is 15.8 Å². The van der Waals surface area contributed by atoms with E-state index in [0.29, 0.717) is 32.5 Å². The molecule has 134 valence electrons. The lowest BCUT2D eigenvalue weighted by Gasteiger charge is -2.39. The van der Waals surface area contributed by atoms with Crippen molar-refractivity contribution < 1.29 is 14.6 Å². The molecule has 2 heterocycles. The average molecular weight is 344 g/mol. The van der Waals surface area contributed by atoms with E-state index in [-0.39, 0.29) is 12.5 Å². The van der Waals surface area contributed by atoms with E-state index in [1.165, 1.54) is 0 Å². The summed E-state index contributed by atoms with van der Waals surface area (Å²) in [6, 6.07) is 9.76. The Kier molecular flexibility index (Phi) is 5.45. The molecule has 1 saturated heterocycles. The number of hydrogen-bond donors (Lipinski definition) is 1. The van der Waals surface area contributed by atoms with Crippen LogP contribution in [0.5, 0.6) is 0 Å². The number of ether oxygens (including phenoxy) is 1. The predicted octanol–water partition coefficient (Wildman–Crippen LogP) is 0.928. The second-order valence-corrected chi connectivity index (χ2v) is 6.66. The van der Waals surface area contributed by atoms with Crippen LogP contribution in [-0.4, -0.2) is 56.0 Å². The number of hydrogen-bond acceptors (Lipinski definition) is 5. The molecule has 1 atom stereocenters. The molecule has 7 heteroatoms. The lowest BCUT2D eigenvalue weighted by atomic mass is 9.89. The Morgan fingerprint density at radius 2 is 2.16 bits per heavy atom. The zero-order valence-electron chi connectivity index (χ0n) is 14.5. The van der Waals surface area contributed by atoms with Gasteiger partial charge in [0.2, 0.25) is 5.91 Å². The summed E-state index contributed by atoms with van der Waals surface area (Å²) >= 11 is 0. The number of aliphatic hydroxyl groups is 1. The maximum Gasteiger partial charge on any atom is 0.248 e. The first-order valence-corrected chi connectivity index (χ1v) is 8.50. The molecule has 0 bridgehead atoms. The van der Waals surface area contributed by atoms with E-state index in [9.17, 15) is 9.90 Å². The SMILES string of the molecule is Cn1cnnc1CC1(O)CCCN(C(=O)COCc2ccccc2)C1. The molecule has 1 aliphatic rings. The third-order valence-electron chi connectivity index (χ3n) is 4.54. The molecule has 25 heavy (non-hydrogen) atoms. The highest BCUT2D eigenvalue weighted by molar-refractivity contribution is 5.77. The molecule has 1 aromatic heterocycles. The van der Waals surface area contributed by atoms with Gasteiger partial charge in [-0.05, 0) is 18.4 Å². The van der Waals surface area contributed by atoms with Crippen molar-refractivity contribution in [3.63, 3.8) is 0 Å². The summed E-state index contributed by atoms with van der Waals surface area (Å²) in [4.78, 5) is 14.1. The first kappa shape index (κ1) is 17.6. The number of aromatic nitrogens is 3. The fourth-order valence-corrected chi connectivity index (χ4v) is 3.15. The van der Waals surface area contributed by atoms with Crippen LogP contribution in [0.2, 0.25) is 0 Å². The summed E-state index contributed by atoms with van der Waals surface area (Å²) in [6.45, 7) is 1.38. The zero-order chi connectivity index (χ0) is 17.7. The molecular formula is C18H24N4O3. The lowest BCUT2D eigenvalue weighted by molar-refractivity contribution is -0.143. The number of likely N-dealkylation sites (tertiary alicyclic amines) is 1. The molecule has 0 spiro atoms. The predicted molar refractivity (Wildman–Crippen MR) is 91.6 cm³/mol. The van der Waals surface area contributed by atoms with Crippen LogP contribution in [0.3, 0.4) is 0 Å². The minimum atomic E-state index is -0.964. The van der Waals surface area contributed by atoms with Crippen LogP contribution in [0.25, 0.3) is 0 Å². The van der Waals surface area contributed by atoms with Gasteiger partial charge in [0, 0.05) is 26.6 Å². The van der Waals surface area contributed by atoms with Gasteiger partial charge >= 0.3 is 0 Å². The number of nitrogens with zero attached hydrogens (tertiary/aromatic N) is 4. The van der Waals surface area contributed by atoms with E-state index >= 15 is 0 Å². The largest absolute Gasteiger partial charge is 0.388 e. The van der Waals surface area contributed by atoms with E-state index in [2.05, 4.69) is 10.2 Å². The molecule has 1 amide bonds. The Balaban J connectivity index is 1.51. The van der Waals surface area contributed by atoms with Gasteiger partial charge in [-0.1, -0.05) is 30.3 Å². The van der Waals surface area contributed by atoms with E-state index in [4.69, 9.17) is 4.74 Å². The minimum absolute atomic E-state index is 0.0228.